The smallest absolute Gasteiger partial charge is 0.381 e. The lowest BCUT2D eigenvalue weighted by molar-refractivity contribution is -0.139. The fourth-order valence-electron chi connectivity index (χ4n) is 2.12. The molecule has 21 heavy (non-hydrogen) atoms. The summed E-state index contributed by atoms with van der Waals surface area (Å²) in [6, 6.07) is 10.6. The maximum absolute atomic E-state index is 13.2. The second-order valence-corrected chi connectivity index (χ2v) is 4.67. The van der Waals surface area contributed by atoms with E-state index in [1.807, 2.05) is 31.2 Å². The normalized spacial score (nSPS) is 11.5. The standard InChI is InChI=1S/C16H15F4N/c1-2-11-5-3-4-6-12(11)10-21-13-7-8-15(17)14(9-13)16(18,19)20/h3-9,21H,2,10H2,1H3. The second-order valence-electron chi connectivity index (χ2n) is 4.67. The topological polar surface area (TPSA) is 12.0 Å². The number of hydrogen-bond acceptors (Lipinski definition) is 1. The van der Waals surface area contributed by atoms with Crippen molar-refractivity contribution in [2.45, 2.75) is 26.1 Å². The third kappa shape index (κ3) is 3.74. The first kappa shape index (κ1) is 15.4. The zero-order valence-corrected chi connectivity index (χ0v) is 11.5. The highest BCUT2D eigenvalue weighted by molar-refractivity contribution is 5.48. The van der Waals surface area contributed by atoms with Gasteiger partial charge < -0.3 is 5.32 Å². The largest absolute Gasteiger partial charge is 0.419 e. The molecule has 0 saturated heterocycles. The summed E-state index contributed by atoms with van der Waals surface area (Å²) < 4.78 is 51.1. The number of halogens is 4. The predicted octanol–water partition coefficient (Wildman–Crippen LogP) is 5.02. The van der Waals surface area contributed by atoms with Crippen molar-refractivity contribution in [1.82, 2.24) is 0 Å². The maximum atomic E-state index is 13.2. The van der Waals surface area contributed by atoms with Crippen LogP contribution in [0.25, 0.3) is 0 Å². The Kier molecular flexibility index (Phi) is 4.50. The van der Waals surface area contributed by atoms with Crippen LogP contribution in [-0.4, -0.2) is 0 Å². The number of anilines is 1. The van der Waals surface area contributed by atoms with E-state index < -0.39 is 17.6 Å². The minimum absolute atomic E-state index is 0.245. The molecule has 112 valence electrons. The Morgan fingerprint density at radius 1 is 1.00 bits per heavy atom. The number of alkyl halides is 3. The fraction of sp³-hybridized carbons (Fsp3) is 0.250. The van der Waals surface area contributed by atoms with Crippen molar-refractivity contribution >= 4 is 5.69 Å². The lowest BCUT2D eigenvalue weighted by Gasteiger charge is -2.13. The summed E-state index contributed by atoms with van der Waals surface area (Å²) in [5, 5.41) is 2.91. The van der Waals surface area contributed by atoms with Crippen molar-refractivity contribution in [3.05, 3.63) is 65.0 Å². The molecule has 0 fully saturated rings. The zero-order valence-electron chi connectivity index (χ0n) is 11.5. The van der Waals surface area contributed by atoms with Crippen LogP contribution in [0.15, 0.2) is 42.5 Å². The van der Waals surface area contributed by atoms with Gasteiger partial charge in [-0.25, -0.2) is 4.39 Å². The summed E-state index contributed by atoms with van der Waals surface area (Å²) in [4.78, 5) is 0. The molecule has 0 saturated carbocycles. The van der Waals surface area contributed by atoms with E-state index in [0.29, 0.717) is 6.54 Å². The van der Waals surface area contributed by atoms with Gasteiger partial charge in [0.1, 0.15) is 5.82 Å². The van der Waals surface area contributed by atoms with Crippen molar-refractivity contribution in [3.8, 4) is 0 Å². The van der Waals surface area contributed by atoms with Gasteiger partial charge in [-0.15, -0.1) is 0 Å². The van der Waals surface area contributed by atoms with Gasteiger partial charge in [0.2, 0.25) is 0 Å². The molecule has 0 aliphatic heterocycles. The SMILES string of the molecule is CCc1ccccc1CNc1ccc(F)c(C(F)(F)F)c1. The molecule has 5 heteroatoms. The minimum Gasteiger partial charge on any atom is -0.381 e. The van der Waals surface area contributed by atoms with Gasteiger partial charge in [0.05, 0.1) is 5.56 Å². The van der Waals surface area contributed by atoms with Crippen molar-refractivity contribution < 1.29 is 17.6 Å². The Morgan fingerprint density at radius 2 is 1.67 bits per heavy atom. The first-order chi connectivity index (χ1) is 9.91. The average Bonchev–Trinajstić information content (AvgIpc) is 2.45. The van der Waals surface area contributed by atoms with Crippen LogP contribution in [0.2, 0.25) is 0 Å². The molecule has 0 spiro atoms. The molecule has 0 aliphatic carbocycles. The highest BCUT2D eigenvalue weighted by Gasteiger charge is 2.34. The molecular formula is C16H15F4N. The van der Waals surface area contributed by atoms with Crippen molar-refractivity contribution in [3.63, 3.8) is 0 Å². The number of nitrogens with one attached hydrogen (secondary N) is 1. The summed E-state index contributed by atoms with van der Waals surface area (Å²) in [5.41, 5.74) is 1.13. The Hall–Kier alpha value is -2.04. The Labute approximate surface area is 120 Å². The first-order valence-corrected chi connectivity index (χ1v) is 6.59. The van der Waals surface area contributed by atoms with Gasteiger partial charge in [0, 0.05) is 12.2 Å². The van der Waals surface area contributed by atoms with Gasteiger partial charge in [-0.3, -0.25) is 0 Å². The number of rotatable bonds is 4. The van der Waals surface area contributed by atoms with E-state index in [-0.39, 0.29) is 5.69 Å². The molecule has 1 N–H and O–H groups in total. The number of benzene rings is 2. The number of hydrogen-bond donors (Lipinski definition) is 1. The number of aryl methyl sites for hydroxylation is 1. The molecule has 0 aliphatic rings. The van der Waals surface area contributed by atoms with E-state index in [4.69, 9.17) is 0 Å². The van der Waals surface area contributed by atoms with Gasteiger partial charge in [-0.05, 0) is 35.7 Å². The second kappa shape index (κ2) is 6.16. The first-order valence-electron chi connectivity index (χ1n) is 6.59. The maximum Gasteiger partial charge on any atom is 0.419 e. The molecule has 0 amide bonds. The van der Waals surface area contributed by atoms with Gasteiger partial charge in [0.25, 0.3) is 0 Å². The Morgan fingerprint density at radius 3 is 2.29 bits per heavy atom. The van der Waals surface area contributed by atoms with Crippen LogP contribution >= 0.6 is 0 Å². The van der Waals surface area contributed by atoms with Crippen molar-refractivity contribution in [2.24, 2.45) is 0 Å². The lowest BCUT2D eigenvalue weighted by Crippen LogP contribution is -2.09. The average molecular weight is 297 g/mol. The van der Waals surface area contributed by atoms with E-state index in [1.54, 1.807) is 0 Å². The van der Waals surface area contributed by atoms with Crippen LogP contribution in [0.1, 0.15) is 23.6 Å². The van der Waals surface area contributed by atoms with Crippen LogP contribution in [0.4, 0.5) is 23.2 Å². The highest BCUT2D eigenvalue weighted by atomic mass is 19.4. The highest BCUT2D eigenvalue weighted by Crippen LogP contribution is 2.33. The molecular weight excluding hydrogens is 282 g/mol. The molecule has 0 aromatic heterocycles. The minimum atomic E-state index is -4.69. The summed E-state index contributed by atoms with van der Waals surface area (Å²) >= 11 is 0. The van der Waals surface area contributed by atoms with E-state index in [9.17, 15) is 17.6 Å². The van der Waals surface area contributed by atoms with Crippen LogP contribution in [-0.2, 0) is 19.1 Å². The molecule has 2 aromatic carbocycles. The molecule has 0 atom stereocenters. The summed E-state index contributed by atoms with van der Waals surface area (Å²) in [5.74, 6) is -1.26. The Balaban J connectivity index is 2.17. The molecule has 2 rings (SSSR count). The Bertz CT molecular complexity index is 620. The van der Waals surface area contributed by atoms with Crippen LogP contribution in [0, 0.1) is 5.82 Å². The van der Waals surface area contributed by atoms with E-state index in [0.717, 1.165) is 29.7 Å². The van der Waals surface area contributed by atoms with Crippen molar-refractivity contribution in [2.75, 3.05) is 5.32 Å². The summed E-state index contributed by atoms with van der Waals surface area (Å²) in [6.45, 7) is 2.41. The van der Waals surface area contributed by atoms with Crippen LogP contribution < -0.4 is 5.32 Å². The van der Waals surface area contributed by atoms with Gasteiger partial charge in [-0.2, -0.15) is 13.2 Å². The molecule has 0 bridgehead atoms. The third-order valence-electron chi connectivity index (χ3n) is 3.25. The third-order valence-corrected chi connectivity index (χ3v) is 3.25. The predicted molar refractivity (Wildman–Crippen MR) is 74.5 cm³/mol. The molecule has 0 heterocycles. The van der Waals surface area contributed by atoms with E-state index >= 15 is 0 Å². The fourth-order valence-corrected chi connectivity index (χ4v) is 2.12. The summed E-state index contributed by atoms with van der Waals surface area (Å²) in [6.07, 6.45) is -3.85. The molecule has 2 aromatic rings. The van der Waals surface area contributed by atoms with Crippen molar-refractivity contribution in [1.29, 1.82) is 0 Å². The zero-order chi connectivity index (χ0) is 15.5. The molecule has 0 unspecified atom stereocenters. The van der Waals surface area contributed by atoms with Gasteiger partial charge >= 0.3 is 6.18 Å². The van der Waals surface area contributed by atoms with E-state index in [1.165, 1.54) is 6.07 Å². The quantitative estimate of drug-likeness (QED) is 0.781. The monoisotopic (exact) mass is 297 g/mol. The van der Waals surface area contributed by atoms with E-state index in [2.05, 4.69) is 5.32 Å². The lowest BCUT2D eigenvalue weighted by atomic mass is 10.1. The van der Waals surface area contributed by atoms with Gasteiger partial charge in [0.15, 0.2) is 0 Å². The summed E-state index contributed by atoms with van der Waals surface area (Å²) in [7, 11) is 0. The molecule has 0 radical (unpaired) electrons. The van der Waals surface area contributed by atoms with Gasteiger partial charge in [-0.1, -0.05) is 31.2 Å². The van der Waals surface area contributed by atoms with Crippen LogP contribution in [0.5, 0.6) is 0 Å². The van der Waals surface area contributed by atoms with Crippen LogP contribution in [0.3, 0.4) is 0 Å². The molecule has 1 nitrogen and oxygen atoms in total.